The molecule has 0 spiro atoms. The third-order valence-electron chi connectivity index (χ3n) is 5.74. The maximum absolute atomic E-state index is 13.5. The molecule has 1 atom stereocenters. The molecule has 3 N–H and O–H groups in total. The molecule has 3 rings (SSSR count). The summed E-state index contributed by atoms with van der Waals surface area (Å²) >= 11 is 7.26. The summed E-state index contributed by atoms with van der Waals surface area (Å²) in [6.07, 6.45) is 2.26. The molecule has 1 aliphatic rings. The SMILES string of the molecule is CC(C)Nc1cc(Cl)ncc1-c1nnc(C(=O)N2CCC[C@@]2(COC(N)=O)C(C)(C)C)s1. The molecule has 11 heteroatoms. The maximum atomic E-state index is 13.5. The van der Waals surface area contributed by atoms with E-state index in [0.29, 0.717) is 23.1 Å². The fourth-order valence-corrected chi connectivity index (χ4v) is 5.05. The number of rotatable bonds is 6. The third-order valence-corrected chi connectivity index (χ3v) is 6.89. The number of hydrogen-bond donors (Lipinski definition) is 2. The van der Waals surface area contributed by atoms with Crippen molar-refractivity contribution < 1.29 is 14.3 Å². The van der Waals surface area contributed by atoms with E-state index in [0.717, 1.165) is 17.7 Å². The molecule has 1 fully saturated rings. The molecule has 2 aromatic rings. The molecule has 0 aromatic carbocycles. The van der Waals surface area contributed by atoms with Gasteiger partial charge in [-0.05, 0) is 38.2 Å². The first-order chi connectivity index (χ1) is 14.9. The summed E-state index contributed by atoms with van der Waals surface area (Å²) in [6, 6.07) is 1.90. The van der Waals surface area contributed by atoms with Gasteiger partial charge in [0.2, 0.25) is 5.01 Å². The Hall–Kier alpha value is -2.46. The molecule has 0 radical (unpaired) electrons. The molecule has 9 nitrogen and oxygen atoms in total. The molecule has 0 aliphatic carbocycles. The number of halogens is 1. The highest BCUT2D eigenvalue weighted by atomic mass is 35.5. The summed E-state index contributed by atoms with van der Waals surface area (Å²) in [5, 5.41) is 12.9. The van der Waals surface area contributed by atoms with Gasteiger partial charge in [0.1, 0.15) is 11.8 Å². The van der Waals surface area contributed by atoms with E-state index >= 15 is 0 Å². The van der Waals surface area contributed by atoms with Gasteiger partial charge < -0.3 is 20.7 Å². The van der Waals surface area contributed by atoms with Crippen LogP contribution in [0.2, 0.25) is 5.15 Å². The van der Waals surface area contributed by atoms with E-state index in [1.54, 1.807) is 17.2 Å². The van der Waals surface area contributed by atoms with Crippen LogP contribution in [-0.2, 0) is 4.74 Å². The molecule has 2 aromatic heterocycles. The second kappa shape index (κ2) is 9.19. The first-order valence-electron chi connectivity index (χ1n) is 10.4. The number of hydrogen-bond acceptors (Lipinski definition) is 8. The highest BCUT2D eigenvalue weighted by Crippen LogP contribution is 2.45. The van der Waals surface area contributed by atoms with E-state index in [4.69, 9.17) is 22.1 Å². The van der Waals surface area contributed by atoms with Gasteiger partial charge in [-0.3, -0.25) is 4.79 Å². The summed E-state index contributed by atoms with van der Waals surface area (Å²) < 4.78 is 5.19. The van der Waals surface area contributed by atoms with Crippen LogP contribution in [0.1, 0.15) is 57.3 Å². The van der Waals surface area contributed by atoms with Crippen LogP contribution in [0, 0.1) is 5.41 Å². The van der Waals surface area contributed by atoms with Gasteiger partial charge in [0.15, 0.2) is 5.01 Å². The highest BCUT2D eigenvalue weighted by Gasteiger charge is 2.53. The predicted molar refractivity (Wildman–Crippen MR) is 125 cm³/mol. The van der Waals surface area contributed by atoms with Crippen LogP contribution in [0.15, 0.2) is 12.3 Å². The highest BCUT2D eigenvalue weighted by molar-refractivity contribution is 7.16. The van der Waals surface area contributed by atoms with Crippen LogP contribution in [0.25, 0.3) is 10.6 Å². The van der Waals surface area contributed by atoms with E-state index in [-0.39, 0.29) is 29.0 Å². The summed E-state index contributed by atoms with van der Waals surface area (Å²) in [5.74, 6) is -0.241. The number of carbonyl (C=O) groups is 2. The number of anilines is 1. The topological polar surface area (TPSA) is 123 Å². The minimum Gasteiger partial charge on any atom is -0.447 e. The molecule has 0 unspecified atom stereocenters. The molecule has 174 valence electrons. The summed E-state index contributed by atoms with van der Waals surface area (Å²) in [4.78, 5) is 30.8. The summed E-state index contributed by atoms with van der Waals surface area (Å²) in [7, 11) is 0. The van der Waals surface area contributed by atoms with Crippen molar-refractivity contribution in [1.82, 2.24) is 20.1 Å². The van der Waals surface area contributed by atoms with Gasteiger partial charge in [-0.25, -0.2) is 9.78 Å². The first kappa shape index (κ1) is 24.2. The number of amides is 2. The average Bonchev–Trinajstić information content (AvgIpc) is 3.33. The lowest BCUT2D eigenvalue weighted by molar-refractivity contribution is -0.0163. The Labute approximate surface area is 196 Å². The van der Waals surface area contributed by atoms with Crippen LogP contribution < -0.4 is 11.1 Å². The van der Waals surface area contributed by atoms with Gasteiger partial charge in [-0.2, -0.15) is 0 Å². The minimum atomic E-state index is -0.855. The molecule has 32 heavy (non-hydrogen) atoms. The van der Waals surface area contributed by atoms with Crippen molar-refractivity contribution in [2.75, 3.05) is 18.5 Å². The molecular formula is C21H29ClN6O3S. The Morgan fingerprint density at radius 3 is 2.72 bits per heavy atom. The largest absolute Gasteiger partial charge is 0.447 e. The number of primary amides is 1. The molecular weight excluding hydrogens is 452 g/mol. The maximum Gasteiger partial charge on any atom is 0.404 e. The quantitative estimate of drug-likeness (QED) is 0.594. The van der Waals surface area contributed by atoms with E-state index in [2.05, 4.69) is 20.5 Å². The van der Waals surface area contributed by atoms with E-state index < -0.39 is 11.6 Å². The van der Waals surface area contributed by atoms with Crippen molar-refractivity contribution in [2.24, 2.45) is 11.1 Å². The van der Waals surface area contributed by atoms with Crippen LogP contribution in [0.3, 0.4) is 0 Å². The number of aromatic nitrogens is 3. The molecule has 1 saturated heterocycles. The Morgan fingerprint density at radius 2 is 2.09 bits per heavy atom. The van der Waals surface area contributed by atoms with Crippen molar-refractivity contribution in [3.05, 3.63) is 22.4 Å². The van der Waals surface area contributed by atoms with Gasteiger partial charge in [0.05, 0.1) is 11.1 Å². The normalized spacial score (nSPS) is 18.8. The lowest BCUT2D eigenvalue weighted by Crippen LogP contribution is -2.59. The molecule has 3 heterocycles. The van der Waals surface area contributed by atoms with Crippen molar-refractivity contribution in [3.63, 3.8) is 0 Å². The van der Waals surface area contributed by atoms with Gasteiger partial charge in [-0.15, -0.1) is 10.2 Å². The van der Waals surface area contributed by atoms with E-state index in [1.165, 1.54) is 11.3 Å². The number of carbonyl (C=O) groups excluding carboxylic acids is 2. The lowest BCUT2D eigenvalue weighted by Gasteiger charge is -2.47. The average molecular weight is 481 g/mol. The third kappa shape index (κ3) is 4.80. The van der Waals surface area contributed by atoms with Gasteiger partial charge in [0, 0.05) is 24.5 Å². The molecule has 0 bridgehead atoms. The zero-order valence-electron chi connectivity index (χ0n) is 18.9. The zero-order valence-corrected chi connectivity index (χ0v) is 20.5. The summed E-state index contributed by atoms with van der Waals surface area (Å²) in [6.45, 7) is 10.7. The van der Waals surface area contributed by atoms with E-state index in [9.17, 15) is 9.59 Å². The fraction of sp³-hybridized carbons (Fsp3) is 0.571. The zero-order chi connectivity index (χ0) is 23.7. The summed E-state index contributed by atoms with van der Waals surface area (Å²) in [5.41, 5.74) is 5.69. The number of nitrogens with zero attached hydrogens (tertiary/aromatic N) is 4. The predicted octanol–water partition coefficient (Wildman–Crippen LogP) is 4.19. The Kier molecular flexibility index (Phi) is 6.94. The Bertz CT molecular complexity index is 1010. The Balaban J connectivity index is 1.94. The molecule has 2 amide bonds. The number of pyridine rings is 1. The van der Waals surface area contributed by atoms with Crippen molar-refractivity contribution in [1.29, 1.82) is 0 Å². The Morgan fingerprint density at radius 1 is 1.38 bits per heavy atom. The van der Waals surface area contributed by atoms with Gasteiger partial charge >= 0.3 is 6.09 Å². The monoisotopic (exact) mass is 480 g/mol. The smallest absolute Gasteiger partial charge is 0.404 e. The second-order valence-electron chi connectivity index (χ2n) is 9.21. The van der Waals surface area contributed by atoms with Crippen molar-refractivity contribution in [2.45, 2.75) is 59.0 Å². The van der Waals surface area contributed by atoms with E-state index in [1.807, 2.05) is 34.6 Å². The number of likely N-dealkylation sites (tertiary alicyclic amines) is 1. The van der Waals surface area contributed by atoms with Crippen LogP contribution in [0.4, 0.5) is 10.5 Å². The van der Waals surface area contributed by atoms with Crippen LogP contribution in [0.5, 0.6) is 0 Å². The van der Waals surface area contributed by atoms with Crippen LogP contribution in [-0.4, -0.2) is 56.8 Å². The molecule has 1 aliphatic heterocycles. The van der Waals surface area contributed by atoms with Crippen molar-refractivity contribution >= 4 is 40.6 Å². The fourth-order valence-electron chi connectivity index (χ4n) is 4.08. The minimum absolute atomic E-state index is 0.0345. The number of ether oxygens (including phenoxy) is 1. The van der Waals surface area contributed by atoms with Gasteiger partial charge in [0.25, 0.3) is 5.91 Å². The molecule has 0 saturated carbocycles. The first-order valence-corrected chi connectivity index (χ1v) is 11.6. The number of nitrogens with one attached hydrogen (secondary N) is 1. The van der Waals surface area contributed by atoms with Crippen molar-refractivity contribution in [3.8, 4) is 10.6 Å². The van der Waals surface area contributed by atoms with Crippen LogP contribution >= 0.6 is 22.9 Å². The van der Waals surface area contributed by atoms with Gasteiger partial charge in [-0.1, -0.05) is 43.7 Å². The lowest BCUT2D eigenvalue weighted by atomic mass is 9.72. The standard InChI is InChI=1S/C21H29ClN6O3S/c1-12(2)25-14-9-15(22)24-10-13(14)16-26-27-17(32-16)18(29)28-8-6-7-21(28,20(3,4)5)11-31-19(23)30/h9-10,12H,6-8,11H2,1-5H3,(H2,23,30)(H,24,25)/t21-/m1/s1. The number of nitrogens with two attached hydrogens (primary N) is 1. The second-order valence-corrected chi connectivity index (χ2v) is 10.6.